The van der Waals surface area contributed by atoms with E-state index in [9.17, 15) is 43.5 Å². The van der Waals surface area contributed by atoms with Gasteiger partial charge in [-0.3, -0.25) is 29.3 Å². The number of primary amides is 1. The Hall–Kier alpha value is -5.86. The molecule has 0 radical (unpaired) electrons. The number of allylic oxidation sites excluding steroid dienone is 3. The molecule has 5 amide bonds. The van der Waals surface area contributed by atoms with Crippen LogP contribution >= 0.6 is 23.2 Å². The molecule has 4 bridgehead atoms. The molecule has 2 saturated heterocycles. The van der Waals surface area contributed by atoms with E-state index in [2.05, 4.69) is 16.0 Å². The summed E-state index contributed by atoms with van der Waals surface area (Å²) in [7, 11) is 4.45. The molecular weight excluding hydrogens is 1040 g/mol. The molecule has 2 aromatic rings. The number of methoxy groups -OCH3 is 2. The molecule has 3 heterocycles. The first kappa shape index (κ1) is 62.0. The monoisotopic (exact) mass is 1110 g/mol. The highest BCUT2D eigenvalue weighted by molar-refractivity contribution is 6.35. The van der Waals surface area contributed by atoms with E-state index in [4.69, 9.17) is 52.6 Å². The number of esters is 1. The first-order valence-corrected chi connectivity index (χ1v) is 26.8. The quantitative estimate of drug-likeness (QED) is 0.0455. The number of rotatable bonds is 21. The second-order valence-corrected chi connectivity index (χ2v) is 21.9. The molecule has 3 aliphatic heterocycles. The number of epoxide rings is 1. The number of nitrogens with two attached hydrogens (primary N) is 1. The Balaban J connectivity index is 1.37. The Bertz CT molecular complexity index is 2590. The van der Waals surface area contributed by atoms with Gasteiger partial charge in [-0.1, -0.05) is 73.8 Å². The SMILES string of the molecule is COc1cc2cc(c1Cl)N(C)C(=O)C[C@H](OC(=O)Nc1ccc(CC(=O)[C@H](CCCNC(N)=O)NC(=O)[C@@H](CC(=O)CCCCC(C)=O)C(C)C)cc1Cl)[C@]1(C)O[C@H]1[C@H](C)[C@@H]1C[C@@](O)(CC(=O)O1)[C@H](OC)/C=C/C=C(\C)C2. The van der Waals surface area contributed by atoms with E-state index >= 15 is 0 Å². The van der Waals surface area contributed by atoms with Crippen molar-refractivity contribution in [2.45, 2.75) is 160 Å². The number of benzene rings is 2. The molecule has 0 spiro atoms. The number of unbranched alkanes of at least 4 members (excludes halogenated alkanes) is 1. The number of carbonyl (C=O) groups excluding carboxylic acids is 8. The second-order valence-electron chi connectivity index (χ2n) is 21.1. The maximum absolute atomic E-state index is 14.4. The molecule has 0 unspecified atom stereocenters. The van der Waals surface area contributed by atoms with Crippen LogP contribution in [0, 0.1) is 17.8 Å². The topological polar surface area (TPSA) is 272 Å². The van der Waals surface area contributed by atoms with Crippen molar-refractivity contribution in [2.24, 2.45) is 23.5 Å². The number of amides is 5. The van der Waals surface area contributed by atoms with Crippen LogP contribution in [0.1, 0.15) is 117 Å². The lowest BCUT2D eigenvalue weighted by Crippen LogP contribution is -2.53. The van der Waals surface area contributed by atoms with Crippen molar-refractivity contribution in [1.82, 2.24) is 10.6 Å². The maximum atomic E-state index is 14.4. The Labute approximate surface area is 460 Å². The lowest BCUT2D eigenvalue weighted by Gasteiger charge is -2.41. The number of hydrogen-bond donors (Lipinski definition) is 5. The number of nitrogens with zero attached hydrogens (tertiary/aromatic N) is 1. The zero-order chi connectivity index (χ0) is 56.9. The summed E-state index contributed by atoms with van der Waals surface area (Å²) in [5.41, 5.74) is 4.82. The minimum atomic E-state index is -1.65. The Kier molecular flexibility index (Phi) is 22.3. The van der Waals surface area contributed by atoms with Crippen LogP contribution in [0.2, 0.25) is 10.0 Å². The zero-order valence-electron chi connectivity index (χ0n) is 45.5. The number of urea groups is 1. The number of fused-ring (bicyclic) bond motifs is 5. The number of Topliss-reactive ketones (excluding diaryl/α,β-unsaturated/α-hetero) is 3. The number of nitrogens with one attached hydrogen (secondary N) is 3. The fraction of sp³-hybridized carbons (Fsp3) is 0.571. The molecule has 0 aromatic heterocycles. The normalized spacial score (nSPS) is 25.4. The van der Waals surface area contributed by atoms with Gasteiger partial charge < -0.3 is 54.9 Å². The number of carbonyl (C=O) groups is 8. The van der Waals surface area contributed by atoms with Crippen molar-refractivity contribution in [1.29, 1.82) is 0 Å². The molecule has 6 N–H and O–H groups in total. The molecule has 0 aliphatic carbocycles. The molecule has 0 saturated carbocycles. The van der Waals surface area contributed by atoms with Gasteiger partial charge in [0.25, 0.3) is 0 Å². The van der Waals surface area contributed by atoms with E-state index < -0.39 is 89.8 Å². The fourth-order valence-electron chi connectivity index (χ4n) is 10.0. The highest BCUT2D eigenvalue weighted by Crippen LogP contribution is 2.50. The molecule has 19 nitrogen and oxygen atoms in total. The van der Waals surface area contributed by atoms with E-state index in [1.54, 1.807) is 51.2 Å². The van der Waals surface area contributed by atoms with Crippen molar-refractivity contribution in [3.8, 4) is 5.75 Å². The number of anilines is 2. The summed E-state index contributed by atoms with van der Waals surface area (Å²) < 4.78 is 29.5. The molecule has 3 aliphatic rings. The van der Waals surface area contributed by atoms with E-state index in [1.165, 1.54) is 38.2 Å². The molecule has 2 fully saturated rings. The van der Waals surface area contributed by atoms with Crippen molar-refractivity contribution < 1.29 is 67.1 Å². The third-order valence-corrected chi connectivity index (χ3v) is 15.3. The molecule has 9 atom stereocenters. The lowest BCUT2D eigenvalue weighted by atomic mass is 9.78. The Morgan fingerprint density at radius 1 is 1.03 bits per heavy atom. The molecule has 422 valence electrons. The number of halogens is 2. The van der Waals surface area contributed by atoms with Crippen LogP contribution in [-0.4, -0.2) is 122 Å². The highest BCUT2D eigenvalue weighted by Gasteiger charge is 2.64. The van der Waals surface area contributed by atoms with E-state index in [0.29, 0.717) is 42.7 Å². The molecule has 77 heavy (non-hydrogen) atoms. The summed E-state index contributed by atoms with van der Waals surface area (Å²) in [5, 5.41) is 20.2. The summed E-state index contributed by atoms with van der Waals surface area (Å²) in [4.78, 5) is 106. The van der Waals surface area contributed by atoms with Gasteiger partial charge in [-0.2, -0.15) is 0 Å². The standard InChI is InChI=1S/C56H75Cl2N5O14/c1-31(2)38(27-37(65)16-11-10-15-33(4)64)52(69)61-41(17-13-21-60-53(59)70)43(66)25-35-19-20-40(39(57)23-35)62-54(71)76-47-28-48(67)63(7)42-24-36(26-44(73-8)50(42)58)22-32(3)14-12-18-46(74-9)56(72)29-45(75-49(68)30-56)34(5)51-55(47,6)77-51/h12,14,18-20,23-24,26,31,34,38,41,45-47,51,72H,10-11,13,15-17,21-22,25,27-30H2,1-9H3,(H,61,69)(H,62,71)(H3,59,60,70)/b18-12+,32-14+/t34-,38+,41+,45+,46-,47+,51+,55+,56-/m1/s1. The third kappa shape index (κ3) is 17.1. The minimum Gasteiger partial charge on any atom is -0.495 e. The first-order valence-electron chi connectivity index (χ1n) is 26.0. The summed E-state index contributed by atoms with van der Waals surface area (Å²) in [6.07, 6.45) is 2.13. The minimum absolute atomic E-state index is 0.00472. The van der Waals surface area contributed by atoms with Gasteiger partial charge in [0.15, 0.2) is 5.78 Å². The van der Waals surface area contributed by atoms with Gasteiger partial charge in [0.1, 0.15) is 51.9 Å². The van der Waals surface area contributed by atoms with Gasteiger partial charge >= 0.3 is 18.1 Å². The Morgan fingerprint density at radius 3 is 2.39 bits per heavy atom. The third-order valence-electron chi connectivity index (χ3n) is 14.6. The van der Waals surface area contributed by atoms with Crippen LogP contribution in [0.3, 0.4) is 0 Å². The molecule has 2 aromatic carbocycles. The summed E-state index contributed by atoms with van der Waals surface area (Å²) in [6, 6.07) is 6.29. The van der Waals surface area contributed by atoms with Crippen LogP contribution in [-0.2, 0) is 60.6 Å². The van der Waals surface area contributed by atoms with E-state index in [1.807, 2.05) is 26.8 Å². The lowest BCUT2D eigenvalue weighted by molar-refractivity contribution is -0.187. The Morgan fingerprint density at radius 2 is 1.74 bits per heavy atom. The smallest absolute Gasteiger partial charge is 0.412 e. The van der Waals surface area contributed by atoms with Crippen molar-refractivity contribution in [3.05, 3.63) is 75.3 Å². The first-order chi connectivity index (χ1) is 36.3. The molecular formula is C56H75Cl2N5O14. The average Bonchev–Trinajstić information content (AvgIpc) is 4.09. The number of hydrogen-bond acceptors (Lipinski definition) is 14. The van der Waals surface area contributed by atoms with Crippen LogP contribution in [0.4, 0.5) is 21.0 Å². The van der Waals surface area contributed by atoms with Gasteiger partial charge in [0, 0.05) is 64.6 Å². The largest absolute Gasteiger partial charge is 0.495 e. The number of ketones is 3. The summed E-state index contributed by atoms with van der Waals surface area (Å²) in [6.45, 7) is 10.6. The predicted molar refractivity (Wildman–Crippen MR) is 290 cm³/mol. The van der Waals surface area contributed by atoms with Gasteiger partial charge in [0.05, 0.1) is 48.5 Å². The van der Waals surface area contributed by atoms with Crippen LogP contribution in [0.25, 0.3) is 0 Å². The second kappa shape index (κ2) is 27.6. The predicted octanol–water partition coefficient (Wildman–Crippen LogP) is 7.70. The molecule has 5 rings (SSSR count). The summed E-state index contributed by atoms with van der Waals surface area (Å²) >= 11 is 13.6. The number of aliphatic hydroxyl groups is 1. The van der Waals surface area contributed by atoms with Crippen molar-refractivity contribution >= 4 is 81.8 Å². The highest BCUT2D eigenvalue weighted by atomic mass is 35.5. The average molecular weight is 1110 g/mol. The molecule has 21 heteroatoms. The summed E-state index contributed by atoms with van der Waals surface area (Å²) in [5.74, 6) is -3.29. The zero-order valence-corrected chi connectivity index (χ0v) is 47.0. The van der Waals surface area contributed by atoms with E-state index in [0.717, 1.165) is 11.1 Å². The fourth-order valence-corrected chi connectivity index (χ4v) is 10.6. The maximum Gasteiger partial charge on any atom is 0.412 e. The van der Waals surface area contributed by atoms with Gasteiger partial charge in [0.2, 0.25) is 11.8 Å². The van der Waals surface area contributed by atoms with Crippen LogP contribution in [0.15, 0.2) is 54.1 Å². The van der Waals surface area contributed by atoms with Gasteiger partial charge in [-0.25, -0.2) is 9.59 Å². The van der Waals surface area contributed by atoms with Crippen molar-refractivity contribution in [2.75, 3.05) is 38.0 Å². The van der Waals surface area contributed by atoms with Gasteiger partial charge in [-0.05, 0) is 94.2 Å². The van der Waals surface area contributed by atoms with Crippen molar-refractivity contribution in [3.63, 3.8) is 0 Å². The van der Waals surface area contributed by atoms with Crippen LogP contribution < -0.4 is 31.3 Å². The van der Waals surface area contributed by atoms with Crippen LogP contribution in [0.5, 0.6) is 5.75 Å². The van der Waals surface area contributed by atoms with E-state index in [-0.39, 0.29) is 90.5 Å². The number of ether oxygens (including phenoxy) is 5. The van der Waals surface area contributed by atoms with Gasteiger partial charge in [-0.15, -0.1) is 0 Å².